The summed E-state index contributed by atoms with van der Waals surface area (Å²) in [5.41, 5.74) is 1.07. The van der Waals surface area contributed by atoms with Crippen LogP contribution >= 0.6 is 0 Å². The van der Waals surface area contributed by atoms with Gasteiger partial charge in [0.15, 0.2) is 0 Å². The van der Waals surface area contributed by atoms with Gasteiger partial charge in [0.25, 0.3) is 5.91 Å². The average molecular weight is 385 g/mol. The Labute approximate surface area is 163 Å². The molecule has 2 aromatic rings. The highest BCUT2D eigenvalue weighted by Crippen LogP contribution is 2.19. The number of amides is 3. The Hall–Kier alpha value is -3.09. The first-order valence-corrected chi connectivity index (χ1v) is 9.44. The Bertz CT molecular complexity index is 807. The molecule has 0 unspecified atom stereocenters. The molecule has 6 nitrogen and oxygen atoms in total. The first-order chi connectivity index (χ1) is 13.6. The zero-order valence-electron chi connectivity index (χ0n) is 15.5. The molecule has 148 valence electrons. The van der Waals surface area contributed by atoms with Crippen molar-refractivity contribution < 1.29 is 18.7 Å². The van der Waals surface area contributed by atoms with E-state index in [1.807, 2.05) is 0 Å². The molecule has 28 heavy (non-hydrogen) atoms. The lowest BCUT2D eigenvalue weighted by Gasteiger charge is -2.09. The monoisotopic (exact) mass is 385 g/mol. The van der Waals surface area contributed by atoms with E-state index in [-0.39, 0.29) is 23.8 Å². The molecule has 3 N–H and O–H groups in total. The second-order valence-corrected chi connectivity index (χ2v) is 6.72. The predicted molar refractivity (Wildman–Crippen MR) is 105 cm³/mol. The van der Waals surface area contributed by atoms with Crippen LogP contribution in [0, 0.1) is 5.82 Å². The minimum absolute atomic E-state index is 0.189. The highest BCUT2D eigenvalue weighted by atomic mass is 19.1. The molecule has 0 radical (unpaired) electrons. The second kappa shape index (κ2) is 9.73. The number of hydrogen-bond donors (Lipinski definition) is 3. The van der Waals surface area contributed by atoms with Crippen LogP contribution in [0.5, 0.6) is 5.75 Å². The van der Waals surface area contributed by atoms with Crippen LogP contribution in [0.25, 0.3) is 0 Å². The van der Waals surface area contributed by atoms with Crippen molar-refractivity contribution in [3.63, 3.8) is 0 Å². The van der Waals surface area contributed by atoms with Gasteiger partial charge < -0.3 is 20.7 Å². The number of hydrogen-bond acceptors (Lipinski definition) is 3. The summed E-state index contributed by atoms with van der Waals surface area (Å²) in [4.78, 5) is 24.0. The molecule has 1 aliphatic carbocycles. The minimum atomic E-state index is -0.294. The molecule has 0 spiro atoms. The third-order valence-electron chi connectivity index (χ3n) is 4.23. The summed E-state index contributed by atoms with van der Waals surface area (Å²) in [7, 11) is 0. The lowest BCUT2D eigenvalue weighted by atomic mass is 10.2. The van der Waals surface area contributed by atoms with E-state index in [0.29, 0.717) is 30.2 Å². The fourth-order valence-electron chi connectivity index (χ4n) is 2.57. The van der Waals surface area contributed by atoms with E-state index in [0.717, 1.165) is 25.7 Å². The van der Waals surface area contributed by atoms with Crippen LogP contribution < -0.4 is 20.7 Å². The number of carbonyl (C=O) groups excluding carboxylic acids is 2. The Kier molecular flexibility index (Phi) is 6.84. The molecule has 1 saturated carbocycles. The molecule has 0 aliphatic heterocycles. The number of unbranched alkanes of at least 4 members (excludes halogenated alkanes) is 1. The molecule has 7 heteroatoms. The van der Waals surface area contributed by atoms with E-state index in [1.165, 1.54) is 12.1 Å². The molecule has 0 atom stereocenters. The molecule has 0 saturated heterocycles. The zero-order valence-corrected chi connectivity index (χ0v) is 15.5. The predicted octanol–water partition coefficient (Wildman–Crippen LogP) is 3.70. The van der Waals surface area contributed by atoms with Crippen LogP contribution in [-0.2, 0) is 0 Å². The number of rotatable bonds is 9. The molecule has 1 fully saturated rings. The third-order valence-corrected chi connectivity index (χ3v) is 4.23. The number of benzene rings is 2. The number of ether oxygens (including phenoxy) is 1. The van der Waals surface area contributed by atoms with E-state index in [9.17, 15) is 14.0 Å². The largest absolute Gasteiger partial charge is 0.494 e. The summed E-state index contributed by atoms with van der Waals surface area (Å²) in [6.07, 6.45) is 3.56. The van der Waals surface area contributed by atoms with E-state index < -0.39 is 0 Å². The first kappa shape index (κ1) is 19.7. The van der Waals surface area contributed by atoms with Gasteiger partial charge >= 0.3 is 6.03 Å². The molecule has 1 aliphatic rings. The summed E-state index contributed by atoms with van der Waals surface area (Å²) in [5.74, 6) is 0.143. The van der Waals surface area contributed by atoms with Gasteiger partial charge in [-0.1, -0.05) is 6.07 Å². The van der Waals surface area contributed by atoms with Gasteiger partial charge in [-0.15, -0.1) is 0 Å². The lowest BCUT2D eigenvalue weighted by Crippen LogP contribution is -2.30. The Morgan fingerprint density at radius 1 is 1.07 bits per heavy atom. The van der Waals surface area contributed by atoms with Gasteiger partial charge in [0.05, 0.1) is 6.61 Å². The van der Waals surface area contributed by atoms with Gasteiger partial charge in [-0.2, -0.15) is 0 Å². The Balaban J connectivity index is 1.34. The normalized spacial score (nSPS) is 12.9. The quantitative estimate of drug-likeness (QED) is 0.576. The van der Waals surface area contributed by atoms with Crippen molar-refractivity contribution in [1.29, 1.82) is 0 Å². The number of anilines is 1. The number of carbonyl (C=O) groups is 2. The number of nitrogens with one attached hydrogen (secondary N) is 3. The van der Waals surface area contributed by atoms with E-state index >= 15 is 0 Å². The molecule has 0 bridgehead atoms. The first-order valence-electron chi connectivity index (χ1n) is 9.44. The van der Waals surface area contributed by atoms with Gasteiger partial charge in [-0.25, -0.2) is 9.18 Å². The molecular formula is C21H24FN3O3. The van der Waals surface area contributed by atoms with Crippen molar-refractivity contribution in [3.05, 3.63) is 59.9 Å². The van der Waals surface area contributed by atoms with Gasteiger partial charge in [0.2, 0.25) is 0 Å². The van der Waals surface area contributed by atoms with Crippen molar-refractivity contribution in [3.8, 4) is 5.75 Å². The maximum Gasteiger partial charge on any atom is 0.319 e. The van der Waals surface area contributed by atoms with Crippen LogP contribution in [0.3, 0.4) is 0 Å². The van der Waals surface area contributed by atoms with E-state index in [1.54, 1.807) is 36.4 Å². The van der Waals surface area contributed by atoms with E-state index in [4.69, 9.17) is 4.74 Å². The topological polar surface area (TPSA) is 79.5 Å². The Morgan fingerprint density at radius 3 is 2.61 bits per heavy atom. The zero-order chi connectivity index (χ0) is 19.8. The fourth-order valence-corrected chi connectivity index (χ4v) is 2.57. The third kappa shape index (κ3) is 6.57. The Morgan fingerprint density at radius 2 is 1.86 bits per heavy atom. The fraction of sp³-hybridized carbons (Fsp3) is 0.333. The summed E-state index contributed by atoms with van der Waals surface area (Å²) >= 11 is 0. The van der Waals surface area contributed by atoms with Crippen LogP contribution in [0.1, 0.15) is 36.0 Å². The van der Waals surface area contributed by atoms with Crippen molar-refractivity contribution in [2.45, 2.75) is 31.7 Å². The molecule has 0 aromatic heterocycles. The number of halogens is 1. The van der Waals surface area contributed by atoms with Crippen molar-refractivity contribution in [2.24, 2.45) is 0 Å². The smallest absolute Gasteiger partial charge is 0.319 e. The van der Waals surface area contributed by atoms with Gasteiger partial charge in [0, 0.05) is 23.8 Å². The molecular weight excluding hydrogens is 361 g/mol. The average Bonchev–Trinajstić information content (AvgIpc) is 3.49. The number of urea groups is 1. The van der Waals surface area contributed by atoms with Gasteiger partial charge in [0.1, 0.15) is 11.6 Å². The minimum Gasteiger partial charge on any atom is -0.494 e. The molecule has 2 aromatic carbocycles. The SMILES string of the molecule is O=C(Nc1cccc(C(=O)NCCCCOc2ccc(F)cc2)c1)NC1CC1. The van der Waals surface area contributed by atoms with Crippen LogP contribution in [0.2, 0.25) is 0 Å². The molecule has 3 rings (SSSR count). The maximum absolute atomic E-state index is 12.8. The standard InChI is InChI=1S/C21H24FN3O3/c22-16-6-10-19(11-7-16)28-13-2-1-12-23-20(26)15-4-3-5-18(14-15)25-21(27)24-17-8-9-17/h3-7,10-11,14,17H,1-2,8-9,12-13H2,(H,23,26)(H2,24,25,27). The molecule has 3 amide bonds. The van der Waals surface area contributed by atoms with Crippen LogP contribution in [0.15, 0.2) is 48.5 Å². The van der Waals surface area contributed by atoms with Crippen molar-refractivity contribution >= 4 is 17.6 Å². The summed E-state index contributed by atoms with van der Waals surface area (Å²) < 4.78 is 18.3. The van der Waals surface area contributed by atoms with Gasteiger partial charge in [-0.05, 0) is 68.1 Å². The highest BCUT2D eigenvalue weighted by Gasteiger charge is 2.23. The second-order valence-electron chi connectivity index (χ2n) is 6.72. The van der Waals surface area contributed by atoms with Crippen LogP contribution in [0.4, 0.5) is 14.9 Å². The summed E-state index contributed by atoms with van der Waals surface area (Å²) in [5, 5.41) is 8.44. The van der Waals surface area contributed by atoms with Crippen molar-refractivity contribution in [1.82, 2.24) is 10.6 Å². The van der Waals surface area contributed by atoms with E-state index in [2.05, 4.69) is 16.0 Å². The maximum atomic E-state index is 12.8. The van der Waals surface area contributed by atoms with Crippen LogP contribution in [-0.4, -0.2) is 31.1 Å². The van der Waals surface area contributed by atoms with Crippen molar-refractivity contribution in [2.75, 3.05) is 18.5 Å². The lowest BCUT2D eigenvalue weighted by molar-refractivity contribution is 0.0952. The molecule has 0 heterocycles. The summed E-state index contributed by atoms with van der Waals surface area (Å²) in [6.45, 7) is 1.02. The summed E-state index contributed by atoms with van der Waals surface area (Å²) in [6, 6.07) is 12.7. The van der Waals surface area contributed by atoms with Gasteiger partial charge in [-0.3, -0.25) is 4.79 Å². The highest BCUT2D eigenvalue weighted by molar-refractivity contribution is 5.96.